The molecule has 4 heteroatoms. The second-order valence-electron chi connectivity index (χ2n) is 6.41. The zero-order chi connectivity index (χ0) is 14.9. The van der Waals surface area contributed by atoms with E-state index in [1.54, 1.807) is 6.33 Å². The highest BCUT2D eigenvalue weighted by Crippen LogP contribution is 2.28. The Balaban J connectivity index is 1.84. The van der Waals surface area contributed by atoms with Gasteiger partial charge in [-0.15, -0.1) is 0 Å². The Morgan fingerprint density at radius 2 is 1.86 bits per heavy atom. The maximum Gasteiger partial charge on any atom is 0.227 e. The van der Waals surface area contributed by atoms with Crippen LogP contribution in [-0.2, 0) is 18.4 Å². The van der Waals surface area contributed by atoms with Crippen molar-refractivity contribution in [3.05, 3.63) is 47.4 Å². The molecule has 0 atom stereocenters. The van der Waals surface area contributed by atoms with Crippen molar-refractivity contribution < 1.29 is 4.74 Å². The molecule has 0 saturated carbocycles. The van der Waals surface area contributed by atoms with E-state index in [0.717, 1.165) is 36.5 Å². The lowest BCUT2D eigenvalue weighted by Crippen LogP contribution is -2.25. The molecule has 0 radical (unpaired) electrons. The van der Waals surface area contributed by atoms with E-state index < -0.39 is 0 Å². The zero-order valence-electron chi connectivity index (χ0n) is 12.8. The Labute approximate surface area is 125 Å². The van der Waals surface area contributed by atoms with Gasteiger partial charge in [-0.25, -0.2) is 9.97 Å². The van der Waals surface area contributed by atoms with Crippen molar-refractivity contribution in [1.82, 2.24) is 15.3 Å². The van der Waals surface area contributed by atoms with E-state index >= 15 is 0 Å². The highest BCUT2D eigenvalue weighted by molar-refractivity contribution is 5.37. The van der Waals surface area contributed by atoms with Crippen LogP contribution in [0.4, 0.5) is 0 Å². The van der Waals surface area contributed by atoms with Crippen molar-refractivity contribution in [2.75, 3.05) is 6.54 Å². The molecular weight excluding hydrogens is 262 g/mol. The number of nitrogens with zero attached hydrogens (tertiary/aromatic N) is 2. The van der Waals surface area contributed by atoms with Crippen molar-refractivity contribution in [2.45, 2.75) is 39.2 Å². The van der Waals surface area contributed by atoms with Gasteiger partial charge in [0.15, 0.2) is 0 Å². The third-order valence-electron chi connectivity index (χ3n) is 3.77. The highest BCUT2D eigenvalue weighted by atomic mass is 16.5. The first-order valence-corrected chi connectivity index (χ1v) is 7.36. The van der Waals surface area contributed by atoms with Crippen LogP contribution in [0.25, 0.3) is 0 Å². The molecule has 0 unspecified atom stereocenters. The van der Waals surface area contributed by atoms with Crippen molar-refractivity contribution in [3.8, 4) is 11.6 Å². The number of nitrogens with one attached hydrogen (secondary N) is 1. The lowest BCUT2D eigenvalue weighted by Gasteiger charge is -2.20. The average Bonchev–Trinajstić information content (AvgIpc) is 2.47. The van der Waals surface area contributed by atoms with Crippen LogP contribution in [0.5, 0.6) is 11.6 Å². The first-order valence-electron chi connectivity index (χ1n) is 7.36. The van der Waals surface area contributed by atoms with Crippen LogP contribution >= 0.6 is 0 Å². The standard InChI is InChI=1S/C17H21N3O/c1-17(2,3)12-4-6-13(7-5-12)21-16-14-10-18-9-8-15(14)19-11-20-16/h4-7,11,18H,8-10H2,1-3H3. The third-order valence-corrected chi connectivity index (χ3v) is 3.77. The number of rotatable bonds is 2. The van der Waals surface area contributed by atoms with E-state index in [2.05, 4.69) is 48.2 Å². The Bertz CT molecular complexity index is 629. The van der Waals surface area contributed by atoms with Crippen molar-refractivity contribution in [2.24, 2.45) is 0 Å². The molecule has 0 spiro atoms. The molecule has 0 amide bonds. The summed E-state index contributed by atoms with van der Waals surface area (Å²) in [5.41, 5.74) is 3.60. The molecule has 0 saturated heterocycles. The normalized spacial score (nSPS) is 14.6. The molecule has 4 nitrogen and oxygen atoms in total. The van der Waals surface area contributed by atoms with E-state index in [-0.39, 0.29) is 5.41 Å². The van der Waals surface area contributed by atoms with Gasteiger partial charge in [0, 0.05) is 19.5 Å². The first-order chi connectivity index (χ1) is 10.0. The Morgan fingerprint density at radius 1 is 1.10 bits per heavy atom. The number of fused-ring (bicyclic) bond motifs is 1. The molecular formula is C17H21N3O. The van der Waals surface area contributed by atoms with Gasteiger partial charge in [-0.3, -0.25) is 0 Å². The number of benzene rings is 1. The van der Waals surface area contributed by atoms with Crippen molar-refractivity contribution in [1.29, 1.82) is 0 Å². The van der Waals surface area contributed by atoms with E-state index in [4.69, 9.17) is 4.74 Å². The van der Waals surface area contributed by atoms with Crippen LogP contribution in [0.15, 0.2) is 30.6 Å². The van der Waals surface area contributed by atoms with Gasteiger partial charge >= 0.3 is 0 Å². The van der Waals surface area contributed by atoms with Crippen LogP contribution in [-0.4, -0.2) is 16.5 Å². The van der Waals surface area contributed by atoms with Crippen LogP contribution in [0.2, 0.25) is 0 Å². The van der Waals surface area contributed by atoms with Gasteiger partial charge in [0.1, 0.15) is 12.1 Å². The zero-order valence-corrected chi connectivity index (χ0v) is 12.8. The molecule has 1 aromatic heterocycles. The second kappa shape index (κ2) is 5.45. The van der Waals surface area contributed by atoms with E-state index in [9.17, 15) is 0 Å². The number of hydrogen-bond donors (Lipinski definition) is 1. The summed E-state index contributed by atoms with van der Waals surface area (Å²) in [6, 6.07) is 8.24. The average molecular weight is 283 g/mol. The maximum atomic E-state index is 5.95. The Hall–Kier alpha value is -1.94. The minimum atomic E-state index is 0.149. The molecule has 2 heterocycles. The van der Waals surface area contributed by atoms with Gasteiger partial charge in [-0.05, 0) is 23.1 Å². The molecule has 0 fully saturated rings. The summed E-state index contributed by atoms with van der Waals surface area (Å²) in [6.45, 7) is 8.34. The molecule has 0 aliphatic carbocycles. The highest BCUT2D eigenvalue weighted by Gasteiger charge is 2.17. The van der Waals surface area contributed by atoms with E-state index in [1.165, 1.54) is 5.56 Å². The monoisotopic (exact) mass is 283 g/mol. The fraction of sp³-hybridized carbons (Fsp3) is 0.412. The quantitative estimate of drug-likeness (QED) is 0.919. The smallest absolute Gasteiger partial charge is 0.227 e. The van der Waals surface area contributed by atoms with Gasteiger partial charge in [0.05, 0.1) is 11.3 Å². The molecule has 1 aromatic carbocycles. The number of ether oxygens (including phenoxy) is 1. The Morgan fingerprint density at radius 3 is 2.57 bits per heavy atom. The molecule has 1 N–H and O–H groups in total. The summed E-state index contributed by atoms with van der Waals surface area (Å²) in [5, 5.41) is 3.34. The van der Waals surface area contributed by atoms with Gasteiger partial charge in [-0.1, -0.05) is 32.9 Å². The van der Waals surface area contributed by atoms with Gasteiger partial charge < -0.3 is 10.1 Å². The number of aromatic nitrogens is 2. The van der Waals surface area contributed by atoms with Gasteiger partial charge in [-0.2, -0.15) is 0 Å². The summed E-state index contributed by atoms with van der Waals surface area (Å²) in [7, 11) is 0. The van der Waals surface area contributed by atoms with Crippen LogP contribution < -0.4 is 10.1 Å². The lowest BCUT2D eigenvalue weighted by molar-refractivity contribution is 0.443. The maximum absolute atomic E-state index is 5.95. The molecule has 110 valence electrons. The summed E-state index contributed by atoms with van der Waals surface area (Å²) in [5.74, 6) is 1.48. The number of hydrogen-bond acceptors (Lipinski definition) is 4. The van der Waals surface area contributed by atoms with E-state index in [0.29, 0.717) is 5.88 Å². The topological polar surface area (TPSA) is 47.0 Å². The lowest BCUT2D eigenvalue weighted by atomic mass is 9.87. The largest absolute Gasteiger partial charge is 0.439 e. The minimum Gasteiger partial charge on any atom is -0.439 e. The molecule has 21 heavy (non-hydrogen) atoms. The van der Waals surface area contributed by atoms with Crippen molar-refractivity contribution >= 4 is 0 Å². The summed E-state index contributed by atoms with van der Waals surface area (Å²) >= 11 is 0. The van der Waals surface area contributed by atoms with E-state index in [1.807, 2.05) is 12.1 Å². The first kappa shape index (κ1) is 14.0. The van der Waals surface area contributed by atoms with Crippen LogP contribution in [0, 0.1) is 0 Å². The molecule has 3 rings (SSSR count). The molecule has 1 aliphatic rings. The predicted molar refractivity (Wildman–Crippen MR) is 82.7 cm³/mol. The molecule has 0 bridgehead atoms. The Kier molecular flexibility index (Phi) is 3.64. The second-order valence-corrected chi connectivity index (χ2v) is 6.41. The van der Waals surface area contributed by atoms with Gasteiger partial charge in [0.2, 0.25) is 5.88 Å². The third kappa shape index (κ3) is 3.05. The van der Waals surface area contributed by atoms with Gasteiger partial charge in [0.25, 0.3) is 0 Å². The summed E-state index contributed by atoms with van der Waals surface area (Å²) in [6.07, 6.45) is 2.51. The van der Waals surface area contributed by atoms with Crippen molar-refractivity contribution in [3.63, 3.8) is 0 Å². The van der Waals surface area contributed by atoms with Crippen LogP contribution in [0.3, 0.4) is 0 Å². The molecule has 1 aliphatic heterocycles. The summed E-state index contributed by atoms with van der Waals surface area (Å²) in [4.78, 5) is 8.62. The fourth-order valence-corrected chi connectivity index (χ4v) is 2.47. The minimum absolute atomic E-state index is 0.149. The predicted octanol–water partition coefficient (Wildman–Crippen LogP) is 3.21. The molecule has 2 aromatic rings. The fourth-order valence-electron chi connectivity index (χ4n) is 2.47. The van der Waals surface area contributed by atoms with Crippen LogP contribution in [0.1, 0.15) is 37.6 Å². The summed E-state index contributed by atoms with van der Waals surface area (Å²) < 4.78 is 5.95. The SMILES string of the molecule is CC(C)(C)c1ccc(Oc2ncnc3c2CNCC3)cc1.